The summed E-state index contributed by atoms with van der Waals surface area (Å²) in [6, 6.07) is 0. The molecule has 0 aromatic heterocycles. The van der Waals surface area contributed by atoms with Gasteiger partial charge in [-0.15, -0.1) is 0 Å². The first kappa shape index (κ1) is 9.35. The Morgan fingerprint density at radius 2 is 2.30 bits per heavy atom. The second-order valence-electron chi connectivity index (χ2n) is 1.63. The normalized spacial score (nSPS) is 13.0. The second kappa shape index (κ2) is 5.16. The number of carboxylic acids is 1. The minimum Gasteiger partial charge on any atom is -0.479 e. The molecule has 3 N–H and O–H groups in total. The van der Waals surface area contributed by atoms with Crippen molar-refractivity contribution in [3.63, 3.8) is 0 Å². The fourth-order valence-corrected chi connectivity index (χ4v) is 0.283. The standard InChI is InChI=1S/C5H9O5/c6-1-4(7)2-10-3-5(8)9/h3-4,6-7H,1-2H2,(H,8,9). The summed E-state index contributed by atoms with van der Waals surface area (Å²) in [5.74, 6) is -1.22. The van der Waals surface area contributed by atoms with Crippen molar-refractivity contribution in [1.82, 2.24) is 0 Å². The average molecular weight is 149 g/mol. The van der Waals surface area contributed by atoms with Gasteiger partial charge in [-0.1, -0.05) is 0 Å². The van der Waals surface area contributed by atoms with Crippen LogP contribution in [0, 0.1) is 6.61 Å². The van der Waals surface area contributed by atoms with Crippen molar-refractivity contribution >= 4 is 5.97 Å². The fourth-order valence-electron chi connectivity index (χ4n) is 0.283. The molecule has 0 fully saturated rings. The van der Waals surface area contributed by atoms with E-state index in [9.17, 15) is 4.79 Å². The van der Waals surface area contributed by atoms with Crippen molar-refractivity contribution in [2.45, 2.75) is 6.10 Å². The molecule has 0 aliphatic rings. The lowest BCUT2D eigenvalue weighted by Gasteiger charge is -2.04. The number of carbonyl (C=O) groups is 1. The molecule has 0 spiro atoms. The lowest BCUT2D eigenvalue weighted by molar-refractivity contribution is -0.138. The lowest BCUT2D eigenvalue weighted by Crippen LogP contribution is -2.19. The number of aliphatic hydroxyl groups is 2. The van der Waals surface area contributed by atoms with Crippen LogP contribution in [0.3, 0.4) is 0 Å². The quantitative estimate of drug-likeness (QED) is 0.447. The van der Waals surface area contributed by atoms with E-state index < -0.39 is 18.7 Å². The monoisotopic (exact) mass is 149 g/mol. The third-order valence-corrected chi connectivity index (χ3v) is 0.684. The molecule has 0 bridgehead atoms. The van der Waals surface area contributed by atoms with Crippen LogP contribution in [0.1, 0.15) is 0 Å². The SMILES string of the molecule is O=C(O)[CH]OCC(O)CO. The Hall–Kier alpha value is -0.650. The molecular weight excluding hydrogens is 140 g/mol. The smallest absolute Gasteiger partial charge is 0.336 e. The van der Waals surface area contributed by atoms with Gasteiger partial charge >= 0.3 is 5.97 Å². The molecular formula is C5H9O5. The van der Waals surface area contributed by atoms with Crippen LogP contribution in [0.15, 0.2) is 0 Å². The minimum absolute atomic E-state index is 0.206. The Bertz CT molecular complexity index is 102. The summed E-state index contributed by atoms with van der Waals surface area (Å²) in [4.78, 5) is 9.74. The highest BCUT2D eigenvalue weighted by molar-refractivity contribution is 5.74. The Morgan fingerprint density at radius 1 is 1.70 bits per heavy atom. The van der Waals surface area contributed by atoms with Gasteiger partial charge in [0, 0.05) is 0 Å². The van der Waals surface area contributed by atoms with E-state index in [0.717, 1.165) is 0 Å². The lowest BCUT2D eigenvalue weighted by atomic mass is 10.4. The molecule has 0 amide bonds. The highest BCUT2D eigenvalue weighted by atomic mass is 16.5. The van der Waals surface area contributed by atoms with E-state index in [1.807, 2.05) is 0 Å². The molecule has 0 rings (SSSR count). The van der Waals surface area contributed by atoms with Gasteiger partial charge in [0.1, 0.15) is 6.10 Å². The zero-order valence-corrected chi connectivity index (χ0v) is 5.23. The van der Waals surface area contributed by atoms with Crippen LogP contribution in [0.25, 0.3) is 0 Å². The van der Waals surface area contributed by atoms with Crippen LogP contribution in [0.5, 0.6) is 0 Å². The zero-order chi connectivity index (χ0) is 7.98. The maximum Gasteiger partial charge on any atom is 0.336 e. The second-order valence-corrected chi connectivity index (χ2v) is 1.63. The molecule has 1 atom stereocenters. The van der Waals surface area contributed by atoms with Crippen LogP contribution in [0.4, 0.5) is 0 Å². The van der Waals surface area contributed by atoms with Gasteiger partial charge in [-0.25, -0.2) is 4.79 Å². The number of ether oxygens (including phenoxy) is 1. The molecule has 5 nitrogen and oxygen atoms in total. The van der Waals surface area contributed by atoms with Crippen molar-refractivity contribution in [2.24, 2.45) is 0 Å². The van der Waals surface area contributed by atoms with E-state index in [1.54, 1.807) is 0 Å². The molecule has 10 heavy (non-hydrogen) atoms. The van der Waals surface area contributed by atoms with Gasteiger partial charge in [0.25, 0.3) is 0 Å². The van der Waals surface area contributed by atoms with Gasteiger partial charge < -0.3 is 20.1 Å². The van der Waals surface area contributed by atoms with E-state index in [4.69, 9.17) is 15.3 Å². The Morgan fingerprint density at radius 3 is 2.70 bits per heavy atom. The number of carboxylic acid groups (broad SMARTS) is 1. The van der Waals surface area contributed by atoms with Gasteiger partial charge in [-0.05, 0) is 0 Å². The summed E-state index contributed by atoms with van der Waals surface area (Å²) in [7, 11) is 0. The summed E-state index contributed by atoms with van der Waals surface area (Å²) in [5, 5.41) is 24.8. The van der Waals surface area contributed by atoms with E-state index in [0.29, 0.717) is 6.61 Å². The zero-order valence-electron chi connectivity index (χ0n) is 5.23. The predicted octanol–water partition coefficient (Wildman–Crippen LogP) is -1.40. The van der Waals surface area contributed by atoms with Gasteiger partial charge in [-0.2, -0.15) is 0 Å². The average Bonchev–Trinajstić information content (AvgIpc) is 1.87. The van der Waals surface area contributed by atoms with Crippen LogP contribution in [-0.2, 0) is 9.53 Å². The predicted molar refractivity (Wildman–Crippen MR) is 31.0 cm³/mol. The number of aliphatic hydroxyl groups excluding tert-OH is 2. The summed E-state index contributed by atoms with van der Waals surface area (Å²) in [6.45, 7) is -0.0882. The summed E-state index contributed by atoms with van der Waals surface area (Å²) in [6.07, 6.45) is -1.02. The Balaban J connectivity index is 3.11. The first-order valence-corrected chi connectivity index (χ1v) is 2.63. The minimum atomic E-state index is -1.22. The first-order valence-electron chi connectivity index (χ1n) is 2.63. The van der Waals surface area contributed by atoms with E-state index in [1.165, 1.54) is 0 Å². The number of rotatable bonds is 5. The largest absolute Gasteiger partial charge is 0.479 e. The van der Waals surface area contributed by atoms with Gasteiger partial charge in [0.15, 0.2) is 6.61 Å². The molecule has 0 saturated carbocycles. The molecule has 0 aliphatic carbocycles. The van der Waals surface area contributed by atoms with E-state index in [-0.39, 0.29) is 6.61 Å². The highest BCUT2D eigenvalue weighted by Gasteiger charge is 2.03. The van der Waals surface area contributed by atoms with Crippen molar-refractivity contribution in [2.75, 3.05) is 13.2 Å². The maximum absolute atomic E-state index is 9.74. The molecule has 1 radical (unpaired) electrons. The van der Waals surface area contributed by atoms with Crippen molar-refractivity contribution < 1.29 is 24.9 Å². The topological polar surface area (TPSA) is 87.0 Å². The van der Waals surface area contributed by atoms with Crippen LogP contribution < -0.4 is 0 Å². The third kappa shape index (κ3) is 5.49. The summed E-state index contributed by atoms with van der Waals surface area (Å²) >= 11 is 0. The summed E-state index contributed by atoms with van der Waals surface area (Å²) in [5.41, 5.74) is 0. The van der Waals surface area contributed by atoms with E-state index in [2.05, 4.69) is 4.74 Å². The van der Waals surface area contributed by atoms with Gasteiger partial charge in [0.2, 0.25) is 0 Å². The molecule has 5 heteroatoms. The third-order valence-electron chi connectivity index (χ3n) is 0.684. The maximum atomic E-state index is 9.74. The van der Waals surface area contributed by atoms with E-state index >= 15 is 0 Å². The van der Waals surface area contributed by atoms with Crippen LogP contribution in [-0.4, -0.2) is 40.6 Å². The van der Waals surface area contributed by atoms with Crippen LogP contribution in [0.2, 0.25) is 0 Å². The number of hydrogen-bond acceptors (Lipinski definition) is 4. The van der Waals surface area contributed by atoms with Crippen LogP contribution >= 0.6 is 0 Å². The first-order chi connectivity index (χ1) is 4.66. The molecule has 59 valence electrons. The molecule has 0 aromatic rings. The highest BCUT2D eigenvalue weighted by Crippen LogP contribution is 1.86. The number of aliphatic carboxylic acids is 1. The van der Waals surface area contributed by atoms with Crippen molar-refractivity contribution in [3.05, 3.63) is 6.61 Å². The molecule has 0 aliphatic heterocycles. The number of hydrogen-bond donors (Lipinski definition) is 3. The molecule has 0 heterocycles. The molecule has 0 saturated heterocycles. The molecule has 1 unspecified atom stereocenters. The van der Waals surface area contributed by atoms with Gasteiger partial charge in [0.05, 0.1) is 13.2 Å². The fraction of sp³-hybridized carbons (Fsp3) is 0.600. The van der Waals surface area contributed by atoms with Crippen molar-refractivity contribution in [1.29, 1.82) is 0 Å². The van der Waals surface area contributed by atoms with Crippen molar-refractivity contribution in [3.8, 4) is 0 Å². The van der Waals surface area contributed by atoms with Gasteiger partial charge in [-0.3, -0.25) is 0 Å². The Labute approximate surface area is 57.9 Å². The summed E-state index contributed by atoms with van der Waals surface area (Å²) < 4.78 is 4.31. The molecule has 0 aromatic carbocycles. The Kier molecular flexibility index (Phi) is 4.82.